The standard InChI is InChI=1S/C15H25N3O3S/c1-22(20,21)11-15(19)14-8-13-10-17(6-7-18(13)16-14)9-12-4-2-3-5-12/h8,12,15,19H,2-7,9-11H2,1H3/t15-/m1/s1. The van der Waals surface area contributed by atoms with Crippen LogP contribution in [0.5, 0.6) is 0 Å². The first-order chi connectivity index (χ1) is 10.4. The van der Waals surface area contributed by atoms with E-state index in [1.807, 2.05) is 10.7 Å². The van der Waals surface area contributed by atoms with Gasteiger partial charge in [-0.1, -0.05) is 12.8 Å². The van der Waals surface area contributed by atoms with Gasteiger partial charge in [0, 0.05) is 25.9 Å². The maximum absolute atomic E-state index is 11.3. The van der Waals surface area contributed by atoms with Gasteiger partial charge in [0.2, 0.25) is 0 Å². The molecule has 1 N–H and O–H groups in total. The van der Waals surface area contributed by atoms with Crippen LogP contribution in [-0.4, -0.2) is 53.3 Å². The third-order valence-corrected chi connectivity index (χ3v) is 5.61. The quantitative estimate of drug-likeness (QED) is 0.872. The van der Waals surface area contributed by atoms with E-state index in [1.165, 1.54) is 25.7 Å². The summed E-state index contributed by atoms with van der Waals surface area (Å²) in [5.41, 5.74) is 1.55. The highest BCUT2D eigenvalue weighted by molar-refractivity contribution is 7.90. The Kier molecular flexibility index (Phi) is 4.56. The van der Waals surface area contributed by atoms with Gasteiger partial charge in [0.15, 0.2) is 0 Å². The molecule has 0 radical (unpaired) electrons. The smallest absolute Gasteiger partial charge is 0.150 e. The molecule has 0 bridgehead atoms. The predicted molar refractivity (Wildman–Crippen MR) is 84.1 cm³/mol. The summed E-state index contributed by atoms with van der Waals surface area (Å²) in [7, 11) is -3.21. The zero-order valence-corrected chi connectivity index (χ0v) is 13.9. The number of rotatable bonds is 5. The van der Waals surface area contributed by atoms with E-state index >= 15 is 0 Å². The number of hydrogen-bond donors (Lipinski definition) is 1. The van der Waals surface area contributed by atoms with Crippen LogP contribution in [-0.2, 0) is 22.9 Å². The van der Waals surface area contributed by atoms with Crippen molar-refractivity contribution in [3.05, 3.63) is 17.5 Å². The number of aliphatic hydroxyl groups is 1. The molecular formula is C15H25N3O3S. The molecule has 1 atom stereocenters. The summed E-state index contributed by atoms with van der Waals surface area (Å²) < 4.78 is 24.5. The molecule has 0 spiro atoms. The summed E-state index contributed by atoms with van der Waals surface area (Å²) in [4.78, 5) is 2.46. The summed E-state index contributed by atoms with van der Waals surface area (Å²) in [5.74, 6) is 0.555. The van der Waals surface area contributed by atoms with Crippen LogP contribution in [0.2, 0.25) is 0 Å². The molecule has 1 aromatic rings. The minimum atomic E-state index is -3.21. The van der Waals surface area contributed by atoms with Gasteiger partial charge in [-0.15, -0.1) is 0 Å². The molecule has 6 nitrogen and oxygen atoms in total. The van der Waals surface area contributed by atoms with Crippen molar-refractivity contribution in [1.82, 2.24) is 14.7 Å². The lowest BCUT2D eigenvalue weighted by Gasteiger charge is -2.29. The van der Waals surface area contributed by atoms with E-state index in [2.05, 4.69) is 10.00 Å². The zero-order valence-electron chi connectivity index (χ0n) is 13.1. The molecule has 3 rings (SSSR count). The minimum absolute atomic E-state index is 0.269. The number of sulfone groups is 1. The highest BCUT2D eigenvalue weighted by atomic mass is 32.2. The van der Waals surface area contributed by atoms with Crippen molar-refractivity contribution >= 4 is 9.84 Å². The van der Waals surface area contributed by atoms with Gasteiger partial charge in [0.05, 0.1) is 23.7 Å². The second kappa shape index (κ2) is 6.29. The first-order valence-electron chi connectivity index (χ1n) is 8.05. The summed E-state index contributed by atoms with van der Waals surface area (Å²) >= 11 is 0. The highest BCUT2D eigenvalue weighted by Crippen LogP contribution is 2.27. The first kappa shape index (κ1) is 16.0. The first-order valence-corrected chi connectivity index (χ1v) is 10.1. The molecule has 0 aromatic carbocycles. The lowest BCUT2D eigenvalue weighted by atomic mass is 10.1. The average molecular weight is 327 g/mol. The third-order valence-electron chi connectivity index (χ3n) is 4.69. The van der Waals surface area contributed by atoms with Gasteiger partial charge in [-0.25, -0.2) is 8.42 Å². The van der Waals surface area contributed by atoms with E-state index in [1.54, 1.807) is 0 Å². The number of hydrogen-bond acceptors (Lipinski definition) is 5. The zero-order chi connectivity index (χ0) is 15.7. The van der Waals surface area contributed by atoms with Gasteiger partial charge in [0.25, 0.3) is 0 Å². The monoisotopic (exact) mass is 327 g/mol. The fourth-order valence-corrected chi connectivity index (χ4v) is 4.34. The summed E-state index contributed by atoms with van der Waals surface area (Å²) in [6.45, 7) is 3.78. The summed E-state index contributed by atoms with van der Waals surface area (Å²) in [5, 5.41) is 14.4. The molecular weight excluding hydrogens is 302 g/mol. The van der Waals surface area contributed by atoms with Gasteiger partial charge in [-0.3, -0.25) is 9.58 Å². The van der Waals surface area contributed by atoms with E-state index in [0.29, 0.717) is 5.69 Å². The number of fused-ring (bicyclic) bond motifs is 1. The van der Waals surface area contributed by atoms with Crippen LogP contribution in [0.15, 0.2) is 6.07 Å². The fraction of sp³-hybridized carbons (Fsp3) is 0.800. The van der Waals surface area contributed by atoms with Crippen LogP contribution in [0, 0.1) is 5.92 Å². The Morgan fingerprint density at radius 2 is 2.09 bits per heavy atom. The van der Waals surface area contributed by atoms with E-state index in [-0.39, 0.29) is 5.75 Å². The second-order valence-corrected chi connectivity index (χ2v) is 8.96. The second-order valence-electron chi connectivity index (χ2n) is 6.78. The van der Waals surface area contributed by atoms with Crippen LogP contribution in [0.3, 0.4) is 0 Å². The largest absolute Gasteiger partial charge is 0.386 e. The topological polar surface area (TPSA) is 75.4 Å². The van der Waals surface area contributed by atoms with Crippen molar-refractivity contribution in [2.75, 3.05) is 25.1 Å². The van der Waals surface area contributed by atoms with Crippen LogP contribution in [0.4, 0.5) is 0 Å². The Hall–Kier alpha value is -0.920. The normalized spacial score (nSPS) is 21.9. The fourth-order valence-electron chi connectivity index (χ4n) is 3.59. The molecule has 2 heterocycles. The molecule has 22 heavy (non-hydrogen) atoms. The van der Waals surface area contributed by atoms with Gasteiger partial charge >= 0.3 is 0 Å². The lowest BCUT2D eigenvalue weighted by molar-refractivity contribution is 0.180. The van der Waals surface area contributed by atoms with E-state index in [0.717, 1.165) is 44.0 Å². The number of aromatic nitrogens is 2. The number of nitrogens with zero attached hydrogens (tertiary/aromatic N) is 3. The van der Waals surface area contributed by atoms with E-state index in [9.17, 15) is 13.5 Å². The maximum Gasteiger partial charge on any atom is 0.150 e. The summed E-state index contributed by atoms with van der Waals surface area (Å²) in [6.07, 6.45) is 5.50. The van der Waals surface area contributed by atoms with Crippen molar-refractivity contribution in [3.8, 4) is 0 Å². The molecule has 124 valence electrons. The molecule has 0 saturated heterocycles. The minimum Gasteiger partial charge on any atom is -0.386 e. The van der Waals surface area contributed by atoms with Crippen LogP contribution in [0.25, 0.3) is 0 Å². The van der Waals surface area contributed by atoms with Crippen LogP contribution in [0.1, 0.15) is 43.2 Å². The van der Waals surface area contributed by atoms with Gasteiger partial charge in [-0.05, 0) is 24.8 Å². The molecule has 0 amide bonds. The molecule has 1 aliphatic heterocycles. The Morgan fingerprint density at radius 1 is 1.36 bits per heavy atom. The highest BCUT2D eigenvalue weighted by Gasteiger charge is 2.25. The molecule has 0 unspecified atom stereocenters. The third kappa shape index (κ3) is 3.88. The molecule has 1 saturated carbocycles. The van der Waals surface area contributed by atoms with Gasteiger partial charge in [-0.2, -0.15) is 5.10 Å². The lowest BCUT2D eigenvalue weighted by Crippen LogP contribution is -2.36. The average Bonchev–Trinajstić information content (AvgIpc) is 3.05. The van der Waals surface area contributed by atoms with Crippen LogP contribution < -0.4 is 0 Å². The molecule has 1 aromatic heterocycles. The van der Waals surface area contributed by atoms with Crippen molar-refractivity contribution in [1.29, 1.82) is 0 Å². The number of aliphatic hydroxyl groups excluding tert-OH is 1. The molecule has 2 aliphatic rings. The van der Waals surface area contributed by atoms with Gasteiger partial charge < -0.3 is 5.11 Å². The summed E-state index contributed by atoms with van der Waals surface area (Å²) in [6, 6.07) is 1.86. The Labute approximate surface area is 132 Å². The molecule has 1 aliphatic carbocycles. The van der Waals surface area contributed by atoms with E-state index < -0.39 is 15.9 Å². The molecule has 1 fully saturated rings. The SMILES string of the molecule is CS(=O)(=O)C[C@@H](O)c1cc2n(n1)CCN(CC1CCCC1)C2. The van der Waals surface area contributed by atoms with Crippen molar-refractivity contribution in [2.24, 2.45) is 5.92 Å². The van der Waals surface area contributed by atoms with Gasteiger partial charge in [0.1, 0.15) is 15.9 Å². The molecule has 7 heteroatoms. The maximum atomic E-state index is 11.3. The Balaban J connectivity index is 1.64. The Bertz CT molecular complexity index is 620. The van der Waals surface area contributed by atoms with Crippen molar-refractivity contribution < 1.29 is 13.5 Å². The van der Waals surface area contributed by atoms with E-state index in [4.69, 9.17) is 0 Å². The van der Waals surface area contributed by atoms with Crippen molar-refractivity contribution in [3.63, 3.8) is 0 Å². The van der Waals surface area contributed by atoms with Crippen LogP contribution >= 0.6 is 0 Å². The Morgan fingerprint density at radius 3 is 2.77 bits per heavy atom. The van der Waals surface area contributed by atoms with Crippen molar-refractivity contribution in [2.45, 2.75) is 44.9 Å². The predicted octanol–water partition coefficient (Wildman–Crippen LogP) is 0.967.